The van der Waals surface area contributed by atoms with Crippen molar-refractivity contribution >= 4 is 11.8 Å². The Balaban J connectivity index is 1.56. The van der Waals surface area contributed by atoms with Gasteiger partial charge >= 0.3 is 0 Å². The molecular weight excluding hydrogens is 390 g/mol. The fourth-order valence-electron chi connectivity index (χ4n) is 3.00. The molecule has 0 fully saturated rings. The van der Waals surface area contributed by atoms with Crippen LogP contribution >= 0.6 is 11.8 Å². The number of nitrogens with zero attached hydrogens (tertiary/aromatic N) is 3. The van der Waals surface area contributed by atoms with Crippen LogP contribution in [0.1, 0.15) is 11.1 Å². The van der Waals surface area contributed by atoms with Crippen molar-refractivity contribution in [2.24, 2.45) is 0 Å². The molecule has 1 aromatic heterocycles. The van der Waals surface area contributed by atoms with Gasteiger partial charge in [-0.2, -0.15) is 0 Å². The van der Waals surface area contributed by atoms with Crippen LogP contribution in [0.5, 0.6) is 5.75 Å². The number of hydrogen-bond acceptors (Lipinski definition) is 5. The number of hydrogen-bond donors (Lipinski definition) is 0. The van der Waals surface area contributed by atoms with E-state index in [4.69, 9.17) is 9.72 Å². The lowest BCUT2D eigenvalue weighted by Gasteiger charge is -2.10. The van der Waals surface area contributed by atoms with Crippen molar-refractivity contribution in [3.05, 3.63) is 90.0 Å². The van der Waals surface area contributed by atoms with E-state index in [9.17, 15) is 0 Å². The average Bonchev–Trinajstić information content (AvgIpc) is 2.79. The summed E-state index contributed by atoms with van der Waals surface area (Å²) in [6.45, 7) is 4.74. The summed E-state index contributed by atoms with van der Waals surface area (Å²) in [5.74, 6) is 1.61. The molecule has 0 aliphatic rings. The third-order valence-electron chi connectivity index (χ3n) is 4.64. The maximum Gasteiger partial charge on any atom is 0.209 e. The van der Waals surface area contributed by atoms with Gasteiger partial charge in [0, 0.05) is 16.9 Å². The third kappa shape index (κ3) is 5.05. The molecule has 0 aliphatic heterocycles. The van der Waals surface area contributed by atoms with E-state index in [0.717, 1.165) is 34.0 Å². The molecule has 30 heavy (non-hydrogen) atoms. The normalized spacial score (nSPS) is 10.7. The van der Waals surface area contributed by atoms with Crippen molar-refractivity contribution in [3.63, 3.8) is 0 Å². The summed E-state index contributed by atoms with van der Waals surface area (Å²) in [7, 11) is 0. The van der Waals surface area contributed by atoms with E-state index in [1.165, 1.54) is 11.1 Å². The highest BCUT2D eigenvalue weighted by Crippen LogP contribution is 2.30. The van der Waals surface area contributed by atoms with Crippen molar-refractivity contribution < 1.29 is 4.74 Å². The Bertz CT molecular complexity index is 1100. The summed E-state index contributed by atoms with van der Waals surface area (Å²) in [5, 5.41) is 9.56. The van der Waals surface area contributed by atoms with Crippen molar-refractivity contribution in [3.8, 4) is 28.3 Å². The van der Waals surface area contributed by atoms with Crippen LogP contribution < -0.4 is 4.74 Å². The molecule has 0 amide bonds. The SMILES string of the molecule is Cc1ccc(-c2nnc(SCCOc3ccccc3)nc2-c2ccc(C)cc2)cc1. The Morgan fingerprint density at radius 1 is 0.700 bits per heavy atom. The number of benzene rings is 3. The lowest BCUT2D eigenvalue weighted by atomic mass is 10.0. The van der Waals surface area contributed by atoms with Crippen molar-refractivity contribution in [1.29, 1.82) is 0 Å². The van der Waals surface area contributed by atoms with E-state index in [1.54, 1.807) is 11.8 Å². The number of aromatic nitrogens is 3. The van der Waals surface area contributed by atoms with Crippen LogP contribution in [0, 0.1) is 13.8 Å². The van der Waals surface area contributed by atoms with E-state index >= 15 is 0 Å². The molecule has 0 aliphatic carbocycles. The molecule has 3 aromatic carbocycles. The maximum absolute atomic E-state index is 5.76. The Morgan fingerprint density at radius 3 is 1.93 bits per heavy atom. The first-order valence-corrected chi connectivity index (χ1v) is 10.9. The van der Waals surface area contributed by atoms with Gasteiger partial charge in [0.2, 0.25) is 5.16 Å². The molecular formula is C25H23N3OS. The van der Waals surface area contributed by atoms with Gasteiger partial charge in [0.15, 0.2) is 0 Å². The average molecular weight is 414 g/mol. The van der Waals surface area contributed by atoms with Crippen molar-refractivity contribution in [2.75, 3.05) is 12.4 Å². The molecule has 1 heterocycles. The van der Waals surface area contributed by atoms with E-state index in [1.807, 2.05) is 30.3 Å². The van der Waals surface area contributed by atoms with E-state index in [2.05, 4.69) is 72.6 Å². The zero-order valence-electron chi connectivity index (χ0n) is 17.1. The summed E-state index contributed by atoms with van der Waals surface area (Å²) in [5.41, 5.74) is 6.12. The second-order valence-corrected chi connectivity index (χ2v) is 8.10. The number of para-hydroxylation sites is 1. The minimum Gasteiger partial charge on any atom is -0.493 e. The van der Waals surface area contributed by atoms with Gasteiger partial charge < -0.3 is 4.74 Å². The minimum atomic E-state index is 0.581. The molecule has 5 heteroatoms. The number of thioether (sulfide) groups is 1. The first-order valence-electron chi connectivity index (χ1n) is 9.88. The topological polar surface area (TPSA) is 47.9 Å². The van der Waals surface area contributed by atoms with Crippen LogP contribution in [-0.2, 0) is 0 Å². The highest BCUT2D eigenvalue weighted by Gasteiger charge is 2.14. The monoisotopic (exact) mass is 413 g/mol. The summed E-state index contributed by atoms with van der Waals surface area (Å²) in [4.78, 5) is 4.85. The lowest BCUT2D eigenvalue weighted by molar-refractivity contribution is 0.344. The summed E-state index contributed by atoms with van der Waals surface area (Å²) >= 11 is 1.55. The molecule has 4 aromatic rings. The van der Waals surface area contributed by atoms with Crippen LogP contribution in [0.15, 0.2) is 84.0 Å². The molecule has 0 unspecified atom stereocenters. The van der Waals surface area contributed by atoms with Gasteiger partial charge in [-0.05, 0) is 26.0 Å². The molecule has 0 bridgehead atoms. The Labute approximate surface area is 181 Å². The number of ether oxygens (including phenoxy) is 1. The quantitative estimate of drug-likeness (QED) is 0.275. The predicted molar refractivity (Wildman–Crippen MR) is 123 cm³/mol. The van der Waals surface area contributed by atoms with E-state index in [0.29, 0.717) is 11.8 Å². The van der Waals surface area contributed by atoms with Gasteiger partial charge in [-0.15, -0.1) is 10.2 Å². The molecule has 150 valence electrons. The van der Waals surface area contributed by atoms with Gasteiger partial charge in [0.05, 0.1) is 6.61 Å². The fourth-order valence-corrected chi connectivity index (χ4v) is 3.60. The molecule has 4 rings (SSSR count). The van der Waals surface area contributed by atoms with E-state index in [-0.39, 0.29) is 0 Å². The molecule has 0 spiro atoms. The smallest absolute Gasteiger partial charge is 0.209 e. The van der Waals surface area contributed by atoms with Gasteiger partial charge in [-0.3, -0.25) is 0 Å². The second kappa shape index (κ2) is 9.55. The van der Waals surface area contributed by atoms with Gasteiger partial charge in [0.1, 0.15) is 17.1 Å². The minimum absolute atomic E-state index is 0.581. The fraction of sp³-hybridized carbons (Fsp3) is 0.160. The molecule has 0 N–H and O–H groups in total. The van der Waals surface area contributed by atoms with Crippen LogP contribution in [0.3, 0.4) is 0 Å². The largest absolute Gasteiger partial charge is 0.493 e. The molecule has 0 saturated heterocycles. The summed E-state index contributed by atoms with van der Waals surface area (Å²) < 4.78 is 5.76. The zero-order valence-corrected chi connectivity index (χ0v) is 17.9. The predicted octanol–water partition coefficient (Wildman–Crippen LogP) is 5.99. The highest BCUT2D eigenvalue weighted by molar-refractivity contribution is 7.99. The molecule has 0 saturated carbocycles. The van der Waals surface area contributed by atoms with Crippen LogP contribution in [0.2, 0.25) is 0 Å². The Hall–Kier alpha value is -3.18. The van der Waals surface area contributed by atoms with Crippen LogP contribution in [-0.4, -0.2) is 27.5 Å². The Morgan fingerprint density at radius 2 is 1.30 bits per heavy atom. The van der Waals surface area contributed by atoms with Gasteiger partial charge in [0.25, 0.3) is 0 Å². The van der Waals surface area contributed by atoms with Crippen LogP contribution in [0.4, 0.5) is 0 Å². The second-order valence-electron chi connectivity index (χ2n) is 7.03. The maximum atomic E-state index is 5.76. The first-order chi connectivity index (χ1) is 14.7. The molecule has 0 radical (unpaired) electrons. The summed E-state index contributed by atoms with van der Waals surface area (Å²) in [6.07, 6.45) is 0. The van der Waals surface area contributed by atoms with Crippen molar-refractivity contribution in [2.45, 2.75) is 19.0 Å². The zero-order chi connectivity index (χ0) is 20.8. The van der Waals surface area contributed by atoms with Gasteiger partial charge in [-0.25, -0.2) is 4.98 Å². The Kier molecular flexibility index (Phi) is 6.40. The van der Waals surface area contributed by atoms with Crippen molar-refractivity contribution in [1.82, 2.24) is 15.2 Å². The number of aryl methyl sites for hydroxylation is 2. The molecule has 0 atom stereocenters. The lowest BCUT2D eigenvalue weighted by Crippen LogP contribution is -2.03. The van der Waals surface area contributed by atoms with Crippen LogP contribution in [0.25, 0.3) is 22.5 Å². The summed E-state index contributed by atoms with van der Waals surface area (Å²) in [6, 6.07) is 26.5. The van der Waals surface area contributed by atoms with E-state index < -0.39 is 0 Å². The van der Waals surface area contributed by atoms with Gasteiger partial charge in [-0.1, -0.05) is 89.6 Å². The first kappa shape index (κ1) is 20.1. The molecule has 4 nitrogen and oxygen atoms in total. The highest BCUT2D eigenvalue weighted by atomic mass is 32.2. The standard InChI is InChI=1S/C25H23N3OS/c1-18-8-12-20(13-9-18)23-24(21-14-10-19(2)11-15-21)27-28-25(26-23)30-17-16-29-22-6-4-3-5-7-22/h3-15H,16-17H2,1-2H3. The third-order valence-corrected chi connectivity index (χ3v) is 5.45. The number of rotatable bonds is 7.